The first-order valence-corrected chi connectivity index (χ1v) is 8.98. The molecule has 1 aromatic heterocycles. The number of ether oxygens (including phenoxy) is 1. The van der Waals surface area contributed by atoms with E-state index in [0.717, 1.165) is 19.3 Å². The fourth-order valence-corrected chi connectivity index (χ4v) is 4.10. The number of anilines is 1. The molecule has 2 aromatic rings. The molecule has 2 N–H and O–H groups in total. The number of H-pyrrole nitrogens is 1. The van der Waals surface area contributed by atoms with Crippen LogP contribution in [0.3, 0.4) is 0 Å². The summed E-state index contributed by atoms with van der Waals surface area (Å²) in [5.41, 5.74) is 0.668. The molecule has 138 valence electrons. The molecule has 1 aromatic carbocycles. The molecular formula is C18H22FN5O2. The number of halogens is 1. The average molecular weight is 359 g/mol. The summed E-state index contributed by atoms with van der Waals surface area (Å²) in [4.78, 5) is 18.6. The van der Waals surface area contributed by atoms with E-state index in [9.17, 15) is 9.18 Å². The minimum atomic E-state index is -0.538. The minimum Gasteiger partial charge on any atom is -0.493 e. The molecule has 3 atom stereocenters. The van der Waals surface area contributed by atoms with Gasteiger partial charge in [-0.2, -0.15) is 5.10 Å². The third-order valence-corrected chi connectivity index (χ3v) is 5.20. The van der Waals surface area contributed by atoms with Gasteiger partial charge in [0.25, 0.3) is 0 Å². The number of aromatic amines is 1. The van der Waals surface area contributed by atoms with E-state index in [0.29, 0.717) is 29.7 Å². The van der Waals surface area contributed by atoms with Crippen LogP contribution in [0.2, 0.25) is 0 Å². The Hall–Kier alpha value is -2.64. The highest BCUT2D eigenvalue weighted by Crippen LogP contribution is 2.41. The van der Waals surface area contributed by atoms with Gasteiger partial charge < -0.3 is 15.0 Å². The lowest BCUT2D eigenvalue weighted by Crippen LogP contribution is -2.63. The smallest absolute Gasteiger partial charge is 0.322 e. The van der Waals surface area contributed by atoms with E-state index < -0.39 is 5.82 Å². The van der Waals surface area contributed by atoms with Gasteiger partial charge in [-0.1, -0.05) is 6.92 Å². The summed E-state index contributed by atoms with van der Waals surface area (Å²) < 4.78 is 20.0. The quantitative estimate of drug-likeness (QED) is 0.876. The van der Waals surface area contributed by atoms with E-state index in [1.807, 2.05) is 11.8 Å². The monoisotopic (exact) mass is 359 g/mol. The van der Waals surface area contributed by atoms with Gasteiger partial charge in [-0.25, -0.2) is 14.2 Å². The van der Waals surface area contributed by atoms with Crippen molar-refractivity contribution in [1.29, 1.82) is 0 Å². The Bertz CT molecular complexity index is 798. The van der Waals surface area contributed by atoms with Crippen LogP contribution in [0.25, 0.3) is 11.4 Å². The molecule has 0 aliphatic carbocycles. The number of benzene rings is 1. The largest absolute Gasteiger partial charge is 0.493 e. The number of hydrogen-bond donors (Lipinski definition) is 2. The summed E-state index contributed by atoms with van der Waals surface area (Å²) in [7, 11) is 0. The molecule has 2 saturated heterocycles. The second-order valence-electron chi connectivity index (χ2n) is 7.05. The Kier molecular flexibility index (Phi) is 4.26. The SMILES string of the molecule is CCOc1cc(F)c(NC(=O)N2C3CC(C)C[C@@H]2C3)cc1-c1ncn[nH]1. The summed E-state index contributed by atoms with van der Waals surface area (Å²) in [5.74, 6) is 0.917. The molecule has 0 radical (unpaired) electrons. The molecule has 2 aliphatic rings. The summed E-state index contributed by atoms with van der Waals surface area (Å²) in [6.45, 7) is 4.42. The highest BCUT2D eigenvalue weighted by Gasteiger charge is 2.46. The fraction of sp³-hybridized carbons (Fsp3) is 0.500. The lowest BCUT2D eigenvalue weighted by Gasteiger charge is -2.54. The number of amides is 2. The molecule has 2 amide bonds. The van der Waals surface area contributed by atoms with E-state index in [4.69, 9.17) is 4.74 Å². The van der Waals surface area contributed by atoms with Crippen LogP contribution < -0.4 is 10.1 Å². The van der Waals surface area contributed by atoms with Gasteiger partial charge in [-0.3, -0.25) is 5.10 Å². The number of nitrogens with one attached hydrogen (secondary N) is 2. The second kappa shape index (κ2) is 6.59. The Morgan fingerprint density at radius 1 is 1.38 bits per heavy atom. The van der Waals surface area contributed by atoms with E-state index in [2.05, 4.69) is 27.4 Å². The van der Waals surface area contributed by atoms with Gasteiger partial charge in [0, 0.05) is 18.2 Å². The molecule has 2 aliphatic heterocycles. The van der Waals surface area contributed by atoms with Gasteiger partial charge in [0.15, 0.2) is 11.6 Å². The van der Waals surface area contributed by atoms with Crippen LogP contribution >= 0.6 is 0 Å². The third-order valence-electron chi connectivity index (χ3n) is 5.20. The maximum absolute atomic E-state index is 14.5. The van der Waals surface area contributed by atoms with Crippen molar-refractivity contribution < 1.29 is 13.9 Å². The number of fused-ring (bicyclic) bond motifs is 2. The molecule has 2 bridgehead atoms. The van der Waals surface area contributed by atoms with E-state index in [-0.39, 0.29) is 23.8 Å². The number of nitrogens with zero attached hydrogens (tertiary/aromatic N) is 3. The molecule has 26 heavy (non-hydrogen) atoms. The summed E-state index contributed by atoms with van der Waals surface area (Å²) in [6, 6.07) is 3.10. The normalized spacial score (nSPS) is 24.1. The maximum Gasteiger partial charge on any atom is 0.322 e. The summed E-state index contributed by atoms with van der Waals surface area (Å²) in [6.07, 6.45) is 4.44. The van der Waals surface area contributed by atoms with Crippen molar-refractivity contribution in [2.24, 2.45) is 5.92 Å². The van der Waals surface area contributed by atoms with Gasteiger partial charge in [0.05, 0.1) is 17.9 Å². The van der Waals surface area contributed by atoms with Gasteiger partial charge in [0.1, 0.15) is 12.1 Å². The fourth-order valence-electron chi connectivity index (χ4n) is 4.10. The second-order valence-corrected chi connectivity index (χ2v) is 7.05. The number of carbonyl (C=O) groups excluding carboxylic acids is 1. The standard InChI is InChI=1S/C18H22FN5O2/c1-3-26-16-8-14(19)15(7-13(16)17-20-9-21-23-17)22-18(25)24-11-4-10(2)5-12(24)6-11/h7-12H,3-6H2,1-2H3,(H,22,25)(H,20,21,23)/t10?,11-,12?/m1/s1. The van der Waals surface area contributed by atoms with Crippen LogP contribution in [0.15, 0.2) is 18.5 Å². The van der Waals surface area contributed by atoms with Crippen molar-refractivity contribution in [3.8, 4) is 17.1 Å². The van der Waals surface area contributed by atoms with Crippen LogP contribution in [0.4, 0.5) is 14.9 Å². The summed E-state index contributed by atoms with van der Waals surface area (Å²) in [5, 5.41) is 9.30. The zero-order valence-electron chi connectivity index (χ0n) is 14.8. The van der Waals surface area contributed by atoms with Gasteiger partial charge in [0.2, 0.25) is 0 Å². The Morgan fingerprint density at radius 2 is 2.15 bits per heavy atom. The summed E-state index contributed by atoms with van der Waals surface area (Å²) >= 11 is 0. The first kappa shape index (κ1) is 16.8. The molecule has 3 heterocycles. The zero-order valence-corrected chi connectivity index (χ0v) is 14.8. The van der Waals surface area contributed by atoms with Gasteiger partial charge in [-0.05, 0) is 38.2 Å². The predicted octanol–water partition coefficient (Wildman–Crippen LogP) is 3.41. The molecule has 2 fully saturated rings. The Labute approximate surface area is 150 Å². The van der Waals surface area contributed by atoms with Crippen LogP contribution in [-0.4, -0.2) is 44.8 Å². The Morgan fingerprint density at radius 3 is 2.81 bits per heavy atom. The van der Waals surface area contributed by atoms with Crippen molar-refractivity contribution in [3.05, 3.63) is 24.3 Å². The van der Waals surface area contributed by atoms with Crippen molar-refractivity contribution in [2.75, 3.05) is 11.9 Å². The van der Waals surface area contributed by atoms with Crippen LogP contribution in [0, 0.1) is 11.7 Å². The first-order valence-electron chi connectivity index (χ1n) is 8.98. The van der Waals surface area contributed by atoms with Crippen molar-refractivity contribution >= 4 is 11.7 Å². The molecule has 8 heteroatoms. The minimum absolute atomic E-state index is 0.114. The van der Waals surface area contributed by atoms with Crippen molar-refractivity contribution in [2.45, 2.75) is 45.2 Å². The van der Waals surface area contributed by atoms with Gasteiger partial charge >= 0.3 is 6.03 Å². The number of piperidine rings is 1. The number of urea groups is 1. The molecule has 2 unspecified atom stereocenters. The van der Waals surface area contributed by atoms with E-state index in [1.54, 1.807) is 0 Å². The topological polar surface area (TPSA) is 83.1 Å². The number of carbonyl (C=O) groups is 1. The molecule has 4 rings (SSSR count). The first-order chi connectivity index (χ1) is 12.6. The third kappa shape index (κ3) is 2.89. The zero-order chi connectivity index (χ0) is 18.3. The molecule has 0 saturated carbocycles. The van der Waals surface area contributed by atoms with Crippen molar-refractivity contribution in [3.63, 3.8) is 0 Å². The number of hydrogen-bond acceptors (Lipinski definition) is 4. The highest BCUT2D eigenvalue weighted by atomic mass is 19.1. The lowest BCUT2D eigenvalue weighted by atomic mass is 9.74. The van der Waals surface area contributed by atoms with Crippen LogP contribution in [0.5, 0.6) is 5.75 Å². The maximum atomic E-state index is 14.5. The van der Waals surface area contributed by atoms with Gasteiger partial charge in [-0.15, -0.1) is 0 Å². The average Bonchev–Trinajstić information content (AvgIpc) is 3.11. The highest BCUT2D eigenvalue weighted by molar-refractivity contribution is 5.91. The lowest BCUT2D eigenvalue weighted by molar-refractivity contribution is -0.00603. The van der Waals surface area contributed by atoms with E-state index in [1.165, 1.54) is 18.5 Å². The number of rotatable bonds is 4. The van der Waals surface area contributed by atoms with Crippen LogP contribution in [0.1, 0.15) is 33.1 Å². The molecular weight excluding hydrogens is 337 g/mol. The number of aromatic nitrogens is 3. The Balaban J connectivity index is 1.58. The molecule has 0 spiro atoms. The predicted molar refractivity (Wildman–Crippen MR) is 94.4 cm³/mol. The van der Waals surface area contributed by atoms with E-state index >= 15 is 0 Å². The van der Waals surface area contributed by atoms with Crippen LogP contribution in [-0.2, 0) is 0 Å². The van der Waals surface area contributed by atoms with Crippen molar-refractivity contribution in [1.82, 2.24) is 20.1 Å². The molecule has 7 nitrogen and oxygen atoms in total.